The predicted molar refractivity (Wildman–Crippen MR) is 62.1 cm³/mol. The Hall–Kier alpha value is -2.02. The molecule has 0 saturated heterocycles. The average molecular weight is 215 g/mol. The Labute approximate surface area is 94.5 Å². The van der Waals surface area contributed by atoms with Crippen LogP contribution in [-0.4, -0.2) is 18.5 Å². The van der Waals surface area contributed by atoms with E-state index >= 15 is 0 Å². The lowest BCUT2D eigenvalue weighted by Crippen LogP contribution is -2.47. The Kier molecular flexibility index (Phi) is 2.78. The van der Waals surface area contributed by atoms with Gasteiger partial charge in [-0.05, 0) is 18.6 Å². The van der Waals surface area contributed by atoms with E-state index in [1.165, 1.54) is 0 Å². The molecule has 0 saturated carbocycles. The van der Waals surface area contributed by atoms with Crippen LogP contribution < -0.4 is 10.2 Å². The van der Waals surface area contributed by atoms with Crippen LogP contribution in [0.25, 0.3) is 0 Å². The van der Waals surface area contributed by atoms with Gasteiger partial charge in [0.25, 0.3) is 0 Å². The molecule has 0 aliphatic carbocycles. The van der Waals surface area contributed by atoms with Gasteiger partial charge >= 0.3 is 0 Å². The summed E-state index contributed by atoms with van der Waals surface area (Å²) in [6.45, 7) is 2.06. The van der Waals surface area contributed by atoms with Gasteiger partial charge in [-0.2, -0.15) is 5.26 Å². The summed E-state index contributed by atoms with van der Waals surface area (Å²) >= 11 is 0. The van der Waals surface area contributed by atoms with E-state index in [0.29, 0.717) is 0 Å². The molecular weight excluding hydrogens is 202 g/mol. The lowest BCUT2D eigenvalue weighted by molar-refractivity contribution is -0.119. The van der Waals surface area contributed by atoms with Gasteiger partial charge in [0.2, 0.25) is 5.91 Å². The summed E-state index contributed by atoms with van der Waals surface area (Å²) in [5.74, 6) is -0.0252. The van der Waals surface area contributed by atoms with Crippen LogP contribution in [-0.2, 0) is 4.79 Å². The van der Waals surface area contributed by atoms with Crippen molar-refractivity contribution in [1.29, 1.82) is 5.26 Å². The minimum Gasteiger partial charge on any atom is -0.372 e. The monoisotopic (exact) mass is 215 g/mol. The molecule has 1 heterocycles. The van der Waals surface area contributed by atoms with E-state index < -0.39 is 0 Å². The molecule has 1 aliphatic rings. The number of nitrogens with one attached hydrogen (secondary N) is 1. The normalized spacial score (nSPS) is 18.6. The minimum absolute atomic E-state index is 0.0252. The Balaban J connectivity index is 2.43. The van der Waals surface area contributed by atoms with E-state index in [-0.39, 0.29) is 18.5 Å². The first kappa shape index (κ1) is 10.5. The van der Waals surface area contributed by atoms with Gasteiger partial charge < -0.3 is 5.32 Å². The Morgan fingerprint density at radius 1 is 1.50 bits per heavy atom. The van der Waals surface area contributed by atoms with Crippen molar-refractivity contribution >= 4 is 17.3 Å². The van der Waals surface area contributed by atoms with E-state index in [9.17, 15) is 4.79 Å². The predicted octanol–water partition coefficient (Wildman–Crippen LogP) is 1.75. The van der Waals surface area contributed by atoms with Crippen molar-refractivity contribution in [2.24, 2.45) is 0 Å². The van der Waals surface area contributed by atoms with E-state index in [1.54, 1.807) is 4.90 Å². The Morgan fingerprint density at radius 2 is 2.25 bits per heavy atom. The van der Waals surface area contributed by atoms with Crippen LogP contribution in [0.3, 0.4) is 0 Å². The third-order valence-corrected chi connectivity index (χ3v) is 2.73. The van der Waals surface area contributed by atoms with Gasteiger partial charge in [-0.15, -0.1) is 0 Å². The molecule has 0 fully saturated rings. The fraction of sp³-hybridized carbons (Fsp3) is 0.333. The third-order valence-electron chi connectivity index (χ3n) is 2.73. The number of anilines is 2. The van der Waals surface area contributed by atoms with Crippen LogP contribution in [0.5, 0.6) is 0 Å². The number of carbonyl (C=O) groups excluding carboxylic acids is 1. The molecule has 0 radical (unpaired) electrons. The third kappa shape index (κ3) is 1.61. The van der Waals surface area contributed by atoms with Crippen molar-refractivity contribution in [2.75, 3.05) is 16.8 Å². The van der Waals surface area contributed by atoms with Gasteiger partial charge in [-0.3, -0.25) is 9.69 Å². The topological polar surface area (TPSA) is 56.1 Å². The van der Waals surface area contributed by atoms with E-state index in [1.807, 2.05) is 37.3 Å². The van der Waals surface area contributed by atoms with E-state index in [4.69, 9.17) is 5.26 Å². The number of carbonyl (C=O) groups is 1. The highest BCUT2D eigenvalue weighted by Crippen LogP contribution is 2.31. The van der Waals surface area contributed by atoms with Crippen LogP contribution >= 0.6 is 0 Å². The van der Waals surface area contributed by atoms with Gasteiger partial charge in [0, 0.05) is 0 Å². The fourth-order valence-corrected chi connectivity index (χ4v) is 1.90. The van der Waals surface area contributed by atoms with E-state index in [2.05, 4.69) is 5.32 Å². The second-order valence-electron chi connectivity index (χ2n) is 3.70. The number of hydrogen-bond donors (Lipinski definition) is 1. The van der Waals surface area contributed by atoms with Crippen molar-refractivity contribution < 1.29 is 4.79 Å². The van der Waals surface area contributed by atoms with Crippen LogP contribution in [0.15, 0.2) is 24.3 Å². The lowest BCUT2D eigenvalue weighted by Gasteiger charge is -2.33. The zero-order chi connectivity index (χ0) is 11.5. The molecular formula is C12H13N3O. The van der Waals surface area contributed by atoms with Crippen molar-refractivity contribution in [3.63, 3.8) is 0 Å². The van der Waals surface area contributed by atoms with Crippen molar-refractivity contribution in [2.45, 2.75) is 19.4 Å². The van der Waals surface area contributed by atoms with Crippen LogP contribution in [0.2, 0.25) is 0 Å². The molecule has 4 heteroatoms. The maximum Gasteiger partial charge on any atom is 0.250 e. The molecule has 4 nitrogen and oxygen atoms in total. The summed E-state index contributed by atoms with van der Waals surface area (Å²) in [4.78, 5) is 13.6. The second-order valence-corrected chi connectivity index (χ2v) is 3.70. The van der Waals surface area contributed by atoms with Crippen LogP contribution in [0.4, 0.5) is 11.4 Å². The number of benzene rings is 1. The molecule has 1 aliphatic heterocycles. The van der Waals surface area contributed by atoms with Crippen LogP contribution in [0.1, 0.15) is 13.3 Å². The number of amides is 1. The molecule has 0 aromatic heterocycles. The first-order chi connectivity index (χ1) is 7.77. The minimum atomic E-state index is -0.219. The summed E-state index contributed by atoms with van der Waals surface area (Å²) in [6, 6.07) is 9.37. The van der Waals surface area contributed by atoms with Crippen molar-refractivity contribution in [3.8, 4) is 6.07 Å². The number of hydrogen-bond acceptors (Lipinski definition) is 3. The molecule has 16 heavy (non-hydrogen) atoms. The lowest BCUT2D eigenvalue weighted by atomic mass is 10.1. The molecule has 2 rings (SSSR count). The highest BCUT2D eigenvalue weighted by Gasteiger charge is 2.30. The average Bonchev–Trinajstić information content (AvgIpc) is 2.32. The van der Waals surface area contributed by atoms with Gasteiger partial charge in [0.1, 0.15) is 12.6 Å². The second kappa shape index (κ2) is 4.23. The number of nitriles is 1. The molecule has 1 aromatic carbocycles. The number of nitrogens with zero attached hydrogens (tertiary/aromatic N) is 2. The summed E-state index contributed by atoms with van der Waals surface area (Å²) in [5.41, 5.74) is 1.71. The number of para-hydroxylation sites is 2. The smallest absolute Gasteiger partial charge is 0.250 e. The number of rotatable bonds is 2. The first-order valence-corrected chi connectivity index (χ1v) is 5.31. The fourth-order valence-electron chi connectivity index (χ4n) is 1.90. The molecule has 1 amide bonds. The van der Waals surface area contributed by atoms with E-state index in [0.717, 1.165) is 17.8 Å². The summed E-state index contributed by atoms with van der Waals surface area (Å²) in [7, 11) is 0. The summed E-state index contributed by atoms with van der Waals surface area (Å²) < 4.78 is 0. The quantitative estimate of drug-likeness (QED) is 0.764. The maximum atomic E-state index is 12.0. The molecule has 1 atom stereocenters. The van der Waals surface area contributed by atoms with Gasteiger partial charge in [-0.25, -0.2) is 0 Å². The highest BCUT2D eigenvalue weighted by molar-refractivity contribution is 6.05. The Bertz CT molecular complexity index is 450. The van der Waals surface area contributed by atoms with Gasteiger partial charge in [0.15, 0.2) is 0 Å². The summed E-state index contributed by atoms with van der Waals surface area (Å²) in [6.07, 6.45) is 0.717. The standard InChI is InChI=1S/C12H13N3O/c1-2-9-12(16)15(8-7-13)11-6-4-3-5-10(11)14-9/h3-6,9,14H,2,8H2,1H3. The molecule has 1 aromatic rings. The maximum absolute atomic E-state index is 12.0. The van der Waals surface area contributed by atoms with Crippen molar-refractivity contribution in [3.05, 3.63) is 24.3 Å². The molecule has 1 N–H and O–H groups in total. The number of fused-ring (bicyclic) bond motifs is 1. The largest absolute Gasteiger partial charge is 0.372 e. The highest BCUT2D eigenvalue weighted by atomic mass is 16.2. The zero-order valence-electron chi connectivity index (χ0n) is 9.10. The van der Waals surface area contributed by atoms with Crippen molar-refractivity contribution in [1.82, 2.24) is 0 Å². The van der Waals surface area contributed by atoms with Gasteiger partial charge in [-0.1, -0.05) is 19.1 Å². The molecule has 0 spiro atoms. The Morgan fingerprint density at radius 3 is 2.94 bits per heavy atom. The first-order valence-electron chi connectivity index (χ1n) is 5.31. The van der Waals surface area contributed by atoms with Crippen LogP contribution in [0, 0.1) is 11.3 Å². The SMILES string of the molecule is CCC1Nc2ccccc2N(CC#N)C1=O. The molecule has 0 bridgehead atoms. The van der Waals surface area contributed by atoms with Gasteiger partial charge in [0.05, 0.1) is 17.4 Å². The molecule has 1 unspecified atom stereocenters. The molecule has 82 valence electrons. The zero-order valence-corrected chi connectivity index (χ0v) is 9.10. The summed E-state index contributed by atoms with van der Waals surface area (Å²) in [5, 5.41) is 11.9.